The summed E-state index contributed by atoms with van der Waals surface area (Å²) in [4.78, 5) is 15.0. The number of hydrogen-bond donors (Lipinski definition) is 0. The fraction of sp³-hybridized carbons (Fsp3) is 0.222. The molecule has 19 heavy (non-hydrogen) atoms. The Morgan fingerprint density at radius 3 is 2.42 bits per heavy atom. The zero-order valence-electron chi connectivity index (χ0n) is 10.3. The number of methoxy groups -OCH3 is 1. The number of carbonyl (C=O) groups excluding carboxylic acids is 1. The number of halogens is 1. The number of nitrogens with zero attached hydrogens (tertiary/aromatic N) is 6. The summed E-state index contributed by atoms with van der Waals surface area (Å²) in [6.45, 7) is -0.0796. The molecule has 0 heterocycles. The number of ether oxygens (including phenoxy) is 1. The van der Waals surface area contributed by atoms with Crippen LogP contribution in [0, 0.1) is 5.82 Å². The van der Waals surface area contributed by atoms with Crippen LogP contribution in [0.3, 0.4) is 0 Å². The van der Waals surface area contributed by atoms with Crippen LogP contribution >= 0.6 is 0 Å². The van der Waals surface area contributed by atoms with Crippen molar-refractivity contribution in [1.82, 2.24) is 0 Å². The molecule has 94 valence electrons. The van der Waals surface area contributed by atoms with Crippen LogP contribution in [0.5, 0.6) is 0 Å². The number of rotatable bonds is 3. The minimum Gasteiger partial charge on any atom is -0.465 e. The van der Waals surface area contributed by atoms with Gasteiger partial charge in [0, 0.05) is 4.91 Å². The summed E-state index contributed by atoms with van der Waals surface area (Å²) >= 11 is 0. The zero-order valence-corrected chi connectivity index (χ0v) is 12.3. The number of carbonyl (C=O) groups is 1. The van der Waals surface area contributed by atoms with E-state index in [0.29, 0.717) is 0 Å². The number of azide groups is 1. The van der Waals surface area contributed by atoms with E-state index in [4.69, 9.17) is 16.6 Å². The monoisotopic (exact) mass is 274 g/mol. The third-order valence-corrected chi connectivity index (χ3v) is 1.78. The smallest absolute Gasteiger partial charge is 0.465 e. The molecule has 1 aromatic rings. The van der Waals surface area contributed by atoms with Crippen LogP contribution < -0.4 is 29.6 Å². The van der Waals surface area contributed by atoms with Crippen molar-refractivity contribution in [2.24, 2.45) is 5.11 Å². The summed E-state index contributed by atoms with van der Waals surface area (Å²) in [5.74, 6) is -1.20. The van der Waals surface area contributed by atoms with Crippen molar-refractivity contribution in [3.8, 4) is 0 Å². The van der Waals surface area contributed by atoms with Gasteiger partial charge in [-0.15, -0.1) is 0 Å². The van der Waals surface area contributed by atoms with Gasteiger partial charge in [0.2, 0.25) is 0 Å². The zero-order chi connectivity index (χ0) is 14.0. The maximum absolute atomic E-state index is 13.3. The van der Waals surface area contributed by atoms with Gasteiger partial charge < -0.3 is 15.8 Å². The van der Waals surface area contributed by atoms with Crippen LogP contribution in [0.1, 0.15) is 15.9 Å². The van der Waals surface area contributed by atoms with Gasteiger partial charge in [0.1, 0.15) is 5.82 Å². The van der Waals surface area contributed by atoms with E-state index in [9.17, 15) is 9.18 Å². The average molecular weight is 274 g/mol. The van der Waals surface area contributed by atoms with Crippen molar-refractivity contribution < 1.29 is 43.5 Å². The van der Waals surface area contributed by atoms with Gasteiger partial charge in [-0.25, -0.2) is 9.18 Å². The molecule has 0 bridgehead atoms. The van der Waals surface area contributed by atoms with Gasteiger partial charge >= 0.3 is 35.5 Å². The van der Waals surface area contributed by atoms with Crippen LogP contribution in [0.2, 0.25) is 0 Å². The molecule has 0 saturated carbocycles. The molecule has 0 aliphatic rings. The Balaban J connectivity index is 0. The van der Waals surface area contributed by atoms with E-state index in [-0.39, 0.29) is 47.2 Å². The predicted octanol–water partition coefficient (Wildman–Crippen LogP) is 0.293. The normalized spacial score (nSPS) is 7.68. The minimum absolute atomic E-state index is 0. The third-order valence-electron chi connectivity index (χ3n) is 1.78. The minimum atomic E-state index is -0.607. The van der Waals surface area contributed by atoms with E-state index in [1.54, 1.807) is 0 Å². The Bertz CT molecular complexity index is 511. The van der Waals surface area contributed by atoms with E-state index < -0.39 is 11.8 Å². The fourth-order valence-corrected chi connectivity index (χ4v) is 1.03. The summed E-state index contributed by atoms with van der Waals surface area (Å²) in [5.41, 5.74) is 21.9. The van der Waals surface area contributed by atoms with Crippen LogP contribution in [-0.2, 0) is 11.3 Å². The van der Waals surface area contributed by atoms with Crippen molar-refractivity contribution in [2.75, 3.05) is 7.11 Å². The van der Waals surface area contributed by atoms with Crippen LogP contribution in [-0.4, -0.2) is 13.1 Å². The first-order valence-electron chi connectivity index (χ1n) is 4.46. The second-order valence-electron chi connectivity index (χ2n) is 2.78. The van der Waals surface area contributed by atoms with Gasteiger partial charge in [-0.1, -0.05) is 11.2 Å². The molecule has 0 aromatic heterocycles. The molecule has 0 atom stereocenters. The van der Waals surface area contributed by atoms with Crippen LogP contribution in [0.4, 0.5) is 4.39 Å². The van der Waals surface area contributed by atoms with Crippen molar-refractivity contribution in [2.45, 2.75) is 6.54 Å². The Morgan fingerprint density at radius 1 is 1.42 bits per heavy atom. The van der Waals surface area contributed by atoms with Gasteiger partial charge in [0.05, 0.1) is 19.2 Å². The molecule has 0 radical (unpaired) electrons. The summed E-state index contributed by atoms with van der Waals surface area (Å²) in [7, 11) is 1.22. The first-order valence-corrected chi connectivity index (χ1v) is 4.46. The molecule has 1 aromatic carbocycles. The Kier molecular flexibility index (Phi) is 11.7. The van der Waals surface area contributed by atoms with Gasteiger partial charge in [0.15, 0.2) is 0 Å². The van der Waals surface area contributed by atoms with Crippen LogP contribution in [0.25, 0.3) is 26.4 Å². The number of esters is 1. The average Bonchev–Trinajstić information content (AvgIpc) is 2.37. The quantitative estimate of drug-likeness (QED) is 0.257. The van der Waals surface area contributed by atoms with Gasteiger partial charge in [0.25, 0.3) is 0 Å². The third kappa shape index (κ3) is 7.30. The van der Waals surface area contributed by atoms with E-state index in [0.717, 1.165) is 6.07 Å². The molecule has 0 saturated heterocycles. The molecule has 0 unspecified atom stereocenters. The molecular formula is C9H8FN6NaO2. The van der Waals surface area contributed by atoms with Gasteiger partial charge in [-0.2, -0.15) is 0 Å². The number of hydrogen-bond acceptors (Lipinski definition) is 3. The molecular weight excluding hydrogens is 266 g/mol. The molecule has 0 aliphatic heterocycles. The molecule has 0 spiro atoms. The van der Waals surface area contributed by atoms with E-state index in [2.05, 4.69) is 14.8 Å². The summed E-state index contributed by atoms with van der Waals surface area (Å²) in [5, 5.41) is 3.22. The largest absolute Gasteiger partial charge is 1.00 e. The Labute approximate surface area is 129 Å². The van der Waals surface area contributed by atoms with Crippen molar-refractivity contribution in [1.29, 1.82) is 0 Å². The molecule has 1 rings (SSSR count). The standard InChI is InChI=1S/C9H8FN3O2.N3.Na/c1-15-9(14)6-2-3-7(5-12-13-11)8(10)4-6;1-3-2;/h2-4H,5H2,1H3;;/q;-1;+1. The fourth-order valence-electron chi connectivity index (χ4n) is 1.03. The molecule has 10 heteroatoms. The molecule has 8 nitrogen and oxygen atoms in total. The molecule has 0 amide bonds. The topological polar surface area (TPSA) is 134 Å². The second-order valence-corrected chi connectivity index (χ2v) is 2.78. The second kappa shape index (κ2) is 11.3. The maximum Gasteiger partial charge on any atom is 1.00 e. The maximum atomic E-state index is 13.3. The van der Waals surface area contributed by atoms with Crippen molar-refractivity contribution in [3.63, 3.8) is 0 Å². The summed E-state index contributed by atoms with van der Waals surface area (Å²) in [6.07, 6.45) is 0. The van der Waals surface area contributed by atoms with E-state index in [1.807, 2.05) is 0 Å². The molecule has 0 N–H and O–H groups in total. The van der Waals surface area contributed by atoms with Crippen molar-refractivity contribution in [3.05, 3.63) is 61.6 Å². The van der Waals surface area contributed by atoms with Gasteiger partial charge in [-0.3, -0.25) is 4.91 Å². The first kappa shape index (κ1) is 19.6. The van der Waals surface area contributed by atoms with Crippen molar-refractivity contribution >= 4 is 5.97 Å². The van der Waals surface area contributed by atoms with E-state index in [1.165, 1.54) is 24.2 Å². The van der Waals surface area contributed by atoms with Gasteiger partial charge in [-0.05, 0) is 23.2 Å². The molecule has 0 aliphatic carbocycles. The number of benzene rings is 1. The first-order chi connectivity index (χ1) is 8.60. The van der Waals surface area contributed by atoms with E-state index >= 15 is 0 Å². The molecule has 0 fully saturated rings. The Morgan fingerprint density at radius 2 is 2.00 bits per heavy atom. The summed E-state index contributed by atoms with van der Waals surface area (Å²) < 4.78 is 17.7. The van der Waals surface area contributed by atoms with Crippen LogP contribution in [0.15, 0.2) is 23.3 Å². The summed E-state index contributed by atoms with van der Waals surface area (Å²) in [6, 6.07) is 3.85. The SMILES string of the molecule is COC(=O)c1ccc(CN=[N+]=[N-])c(F)c1.[N-]=[N+]=[N-].[Na+]. The Hall–Kier alpha value is -1.76. The predicted molar refractivity (Wildman–Crippen MR) is 60.7 cm³/mol.